The van der Waals surface area contributed by atoms with Gasteiger partial charge in [-0.1, -0.05) is 97.1 Å². The maximum Gasteiger partial charge on any atom is 0.338 e. The number of nitro groups is 1. The summed E-state index contributed by atoms with van der Waals surface area (Å²) in [6.07, 6.45) is -8.79. The average molecular weight is 834 g/mol. The Labute approximate surface area is 351 Å². The second kappa shape index (κ2) is 20.8. The van der Waals surface area contributed by atoms with Crippen LogP contribution in [0.1, 0.15) is 42.2 Å². The van der Waals surface area contributed by atoms with Crippen molar-refractivity contribution in [1.29, 1.82) is 0 Å². The van der Waals surface area contributed by atoms with E-state index in [9.17, 15) is 24.5 Å². The largest absolute Gasteiger partial charge is 0.459 e. The normalized spacial score (nSPS) is 23.2. The Morgan fingerprint density at radius 2 is 0.984 bits per heavy atom. The first-order valence-electron chi connectivity index (χ1n) is 19.5. The van der Waals surface area contributed by atoms with Crippen LogP contribution < -0.4 is 0 Å². The number of carbonyl (C=O) groups excluding carboxylic acids is 3. The van der Waals surface area contributed by atoms with Crippen LogP contribution in [0.25, 0.3) is 0 Å². The summed E-state index contributed by atoms with van der Waals surface area (Å²) < 4.78 is 55.6. The maximum absolute atomic E-state index is 13.7. The van der Waals surface area contributed by atoms with Crippen molar-refractivity contribution in [3.8, 4) is 0 Å². The fourth-order valence-corrected chi connectivity index (χ4v) is 6.84. The van der Waals surface area contributed by atoms with Crippen LogP contribution in [0.15, 0.2) is 146 Å². The van der Waals surface area contributed by atoms with E-state index < -0.39 is 78.6 Å². The summed E-state index contributed by atoms with van der Waals surface area (Å²) in [6, 6.07) is 40.4. The van der Waals surface area contributed by atoms with Crippen molar-refractivity contribution >= 4 is 23.6 Å². The average Bonchev–Trinajstić information content (AvgIpc) is 3.81. The Morgan fingerprint density at radius 3 is 1.48 bits per heavy atom. The molecule has 8 unspecified atom stereocenters. The number of nitrogens with zero attached hydrogens (tertiary/aromatic N) is 1. The van der Waals surface area contributed by atoms with E-state index in [1.165, 1.54) is 31.4 Å². The highest BCUT2D eigenvalue weighted by Crippen LogP contribution is 2.36. The SMILES string of the molecule is COC1OC(COC(=O)c2ccccc2)C(OCc2ccccc2)C1OC1OC(COC(=O)c2ccccc2)C(OC(=O)c2ccc([N+](=O)[O-])cc2)C1OCc1ccccc1. The van der Waals surface area contributed by atoms with Gasteiger partial charge in [-0.05, 0) is 47.5 Å². The molecule has 0 aliphatic carbocycles. The van der Waals surface area contributed by atoms with Gasteiger partial charge in [-0.25, -0.2) is 14.4 Å². The molecule has 15 nitrogen and oxygen atoms in total. The molecule has 2 aliphatic rings. The van der Waals surface area contributed by atoms with Gasteiger partial charge in [0.1, 0.15) is 43.7 Å². The first-order valence-corrected chi connectivity index (χ1v) is 19.5. The lowest BCUT2D eigenvalue weighted by Gasteiger charge is -2.29. The molecule has 0 N–H and O–H groups in total. The number of non-ortho nitro benzene ring substituents is 1. The van der Waals surface area contributed by atoms with Crippen molar-refractivity contribution in [2.45, 2.75) is 62.4 Å². The van der Waals surface area contributed by atoms with Crippen LogP contribution in [-0.4, -0.2) is 92.4 Å². The van der Waals surface area contributed by atoms with Crippen molar-refractivity contribution in [3.05, 3.63) is 184 Å². The van der Waals surface area contributed by atoms with Crippen LogP contribution >= 0.6 is 0 Å². The summed E-state index contributed by atoms with van der Waals surface area (Å²) in [5.41, 5.74) is 2.07. The van der Waals surface area contributed by atoms with Gasteiger partial charge in [0, 0.05) is 19.2 Å². The van der Waals surface area contributed by atoms with Crippen molar-refractivity contribution in [1.82, 2.24) is 0 Å². The topological polar surface area (TPSA) is 177 Å². The molecule has 0 spiro atoms. The lowest BCUT2D eigenvalue weighted by atomic mass is 10.1. The van der Waals surface area contributed by atoms with Gasteiger partial charge in [0.25, 0.3) is 5.69 Å². The van der Waals surface area contributed by atoms with Crippen molar-refractivity contribution in [2.24, 2.45) is 0 Å². The standard InChI is InChI=1S/C46H43NO14/c1-53-45-41(38(54-26-30-14-6-2-7-15-30)36(58-45)28-56-42(48)32-18-10-4-11-19-32)61-46-40(55-27-31-16-8-3-9-17-31)39(60-44(50)34-22-24-35(25-23-34)47(51)52)37(59-46)29-57-43(49)33-20-12-5-13-21-33/h2-25,36-41,45-46H,26-29H2,1H3. The van der Waals surface area contributed by atoms with Gasteiger partial charge >= 0.3 is 17.9 Å². The van der Waals surface area contributed by atoms with Gasteiger partial charge in [0.05, 0.1) is 34.8 Å². The third-order valence-corrected chi connectivity index (χ3v) is 9.96. The van der Waals surface area contributed by atoms with E-state index in [1.807, 2.05) is 60.7 Å². The van der Waals surface area contributed by atoms with Crippen molar-refractivity contribution < 1.29 is 61.9 Å². The molecule has 2 fully saturated rings. The fraction of sp³-hybridized carbons (Fsp3) is 0.283. The van der Waals surface area contributed by atoms with E-state index in [4.69, 9.17) is 42.6 Å². The molecule has 8 atom stereocenters. The van der Waals surface area contributed by atoms with Crippen LogP contribution in [0.4, 0.5) is 5.69 Å². The highest BCUT2D eigenvalue weighted by Gasteiger charge is 2.55. The second-order valence-corrected chi connectivity index (χ2v) is 14.0. The lowest BCUT2D eigenvalue weighted by Crippen LogP contribution is -2.46. The number of rotatable bonds is 18. The third kappa shape index (κ3) is 11.1. The highest BCUT2D eigenvalue weighted by atomic mass is 16.8. The third-order valence-electron chi connectivity index (χ3n) is 9.96. The molecule has 2 saturated heterocycles. The molecule has 5 aromatic carbocycles. The summed E-state index contributed by atoms with van der Waals surface area (Å²) in [5.74, 6) is -2.06. The predicted octanol–water partition coefficient (Wildman–Crippen LogP) is 6.49. The summed E-state index contributed by atoms with van der Waals surface area (Å²) in [6.45, 7) is -0.462. The van der Waals surface area contributed by atoms with Gasteiger partial charge in [-0.3, -0.25) is 10.1 Å². The minimum atomic E-state index is -1.32. The molecule has 5 aromatic rings. The van der Waals surface area contributed by atoms with E-state index in [0.717, 1.165) is 11.1 Å². The molecule has 15 heteroatoms. The van der Waals surface area contributed by atoms with Crippen molar-refractivity contribution in [3.63, 3.8) is 0 Å². The van der Waals surface area contributed by atoms with Crippen LogP contribution in [0.5, 0.6) is 0 Å². The molecular weight excluding hydrogens is 790 g/mol. The molecule has 0 bridgehead atoms. The highest BCUT2D eigenvalue weighted by molar-refractivity contribution is 5.90. The van der Waals surface area contributed by atoms with Gasteiger partial charge < -0.3 is 42.6 Å². The van der Waals surface area contributed by atoms with Crippen LogP contribution in [0.3, 0.4) is 0 Å². The minimum absolute atomic E-state index is 0.0164. The molecule has 0 saturated carbocycles. The van der Waals surface area contributed by atoms with Gasteiger partial charge in [0.15, 0.2) is 18.7 Å². The zero-order valence-electron chi connectivity index (χ0n) is 33.0. The Bertz CT molecular complexity index is 2190. The number of esters is 3. The monoisotopic (exact) mass is 833 g/mol. The number of carbonyl (C=O) groups is 3. The van der Waals surface area contributed by atoms with E-state index in [0.29, 0.717) is 5.56 Å². The number of ether oxygens (including phenoxy) is 9. The van der Waals surface area contributed by atoms with E-state index in [-0.39, 0.29) is 36.6 Å². The molecule has 61 heavy (non-hydrogen) atoms. The Morgan fingerprint density at radius 1 is 0.541 bits per heavy atom. The second-order valence-electron chi connectivity index (χ2n) is 14.0. The number of benzene rings is 5. The van der Waals surface area contributed by atoms with Gasteiger partial charge in [-0.2, -0.15) is 0 Å². The van der Waals surface area contributed by atoms with Crippen LogP contribution in [0, 0.1) is 10.1 Å². The molecular formula is C46H43NO14. The first kappa shape index (κ1) is 42.8. The zero-order valence-corrected chi connectivity index (χ0v) is 33.0. The lowest BCUT2D eigenvalue weighted by molar-refractivity contribution is -0.384. The zero-order chi connectivity index (χ0) is 42.6. The Balaban J connectivity index is 1.18. The van der Waals surface area contributed by atoms with Gasteiger partial charge in [-0.15, -0.1) is 0 Å². The van der Waals surface area contributed by atoms with E-state index in [2.05, 4.69) is 0 Å². The predicted molar refractivity (Wildman–Crippen MR) is 215 cm³/mol. The summed E-state index contributed by atoms with van der Waals surface area (Å²) in [4.78, 5) is 50.7. The Kier molecular flexibility index (Phi) is 14.6. The Hall–Kier alpha value is -6.33. The first-order chi connectivity index (χ1) is 29.8. The number of methoxy groups -OCH3 is 1. The fourth-order valence-electron chi connectivity index (χ4n) is 6.84. The number of nitro benzene ring substituents is 1. The number of hydrogen-bond donors (Lipinski definition) is 0. The summed E-state index contributed by atoms with van der Waals surface area (Å²) in [7, 11) is 1.42. The van der Waals surface area contributed by atoms with Gasteiger partial charge in [0.2, 0.25) is 0 Å². The summed E-state index contributed by atoms with van der Waals surface area (Å²) >= 11 is 0. The smallest absolute Gasteiger partial charge is 0.338 e. The molecule has 2 heterocycles. The maximum atomic E-state index is 13.7. The quantitative estimate of drug-likeness (QED) is 0.0405. The molecule has 0 radical (unpaired) electrons. The van der Waals surface area contributed by atoms with E-state index >= 15 is 0 Å². The number of hydrogen-bond acceptors (Lipinski definition) is 14. The summed E-state index contributed by atoms with van der Waals surface area (Å²) in [5, 5.41) is 11.3. The van der Waals surface area contributed by atoms with Crippen LogP contribution in [-0.2, 0) is 55.8 Å². The molecule has 2 aliphatic heterocycles. The van der Waals surface area contributed by atoms with Crippen molar-refractivity contribution in [2.75, 3.05) is 20.3 Å². The van der Waals surface area contributed by atoms with E-state index in [1.54, 1.807) is 60.7 Å². The van der Waals surface area contributed by atoms with Crippen LogP contribution in [0.2, 0.25) is 0 Å². The molecule has 316 valence electrons. The minimum Gasteiger partial charge on any atom is -0.459 e. The molecule has 0 aromatic heterocycles. The molecule has 7 rings (SSSR count). The molecule has 0 amide bonds.